The number of fused-ring (bicyclic) bond motifs is 1. The molecule has 1 aromatic heterocycles. The number of piperidine rings is 1. The zero-order valence-electron chi connectivity index (χ0n) is 33.4. The minimum absolute atomic E-state index is 0.0730. The number of urea groups is 1. The van der Waals surface area contributed by atoms with Crippen molar-refractivity contribution in [3.05, 3.63) is 85.8 Å². The number of aromatic nitrogens is 2. The van der Waals surface area contributed by atoms with Gasteiger partial charge < -0.3 is 43.9 Å². The van der Waals surface area contributed by atoms with E-state index in [0.29, 0.717) is 86.0 Å². The zero-order chi connectivity index (χ0) is 41.8. The fourth-order valence-electron chi connectivity index (χ4n) is 7.76. The Kier molecular flexibility index (Phi) is 12.6. The van der Waals surface area contributed by atoms with Crippen molar-refractivity contribution >= 4 is 70.2 Å². The first-order valence-corrected chi connectivity index (χ1v) is 20.1. The van der Waals surface area contributed by atoms with Crippen LogP contribution in [0.1, 0.15) is 24.8 Å². The Morgan fingerprint density at radius 1 is 1.07 bits per heavy atom. The molecule has 2 fully saturated rings. The van der Waals surface area contributed by atoms with Gasteiger partial charge in [-0.2, -0.15) is 4.98 Å². The van der Waals surface area contributed by atoms with Crippen LogP contribution in [0.2, 0.25) is 10.0 Å². The summed E-state index contributed by atoms with van der Waals surface area (Å²) in [6.07, 6.45) is 7.98. The van der Waals surface area contributed by atoms with E-state index in [9.17, 15) is 19.7 Å². The minimum atomic E-state index is -0.453. The predicted octanol–water partition coefficient (Wildman–Crippen LogP) is 5.91. The Balaban J connectivity index is 1.10. The van der Waals surface area contributed by atoms with E-state index in [0.717, 1.165) is 24.5 Å². The fourth-order valence-corrected chi connectivity index (χ4v) is 8.47. The maximum absolute atomic E-state index is 14.8. The summed E-state index contributed by atoms with van der Waals surface area (Å²) in [5, 5.41) is 15.0. The van der Waals surface area contributed by atoms with Gasteiger partial charge in [-0.25, -0.2) is 9.78 Å². The van der Waals surface area contributed by atoms with Gasteiger partial charge in [-0.3, -0.25) is 14.6 Å². The van der Waals surface area contributed by atoms with E-state index < -0.39 is 11.0 Å². The molecule has 312 valence electrons. The van der Waals surface area contributed by atoms with Crippen molar-refractivity contribution in [3.63, 3.8) is 0 Å². The third kappa shape index (κ3) is 9.07. The number of rotatable bonds is 13. The van der Waals surface area contributed by atoms with Crippen LogP contribution in [0.5, 0.6) is 11.5 Å². The van der Waals surface area contributed by atoms with Crippen LogP contribution < -0.4 is 29.5 Å². The first-order chi connectivity index (χ1) is 28.4. The highest BCUT2D eigenvalue weighted by atomic mass is 35.5. The number of ether oxygens (including phenoxy) is 3. The number of carbonyl (C=O) groups is 2. The number of benzene rings is 2. The second kappa shape index (κ2) is 17.8. The van der Waals surface area contributed by atoms with Gasteiger partial charge in [0.2, 0.25) is 11.9 Å². The van der Waals surface area contributed by atoms with Crippen LogP contribution in [0.15, 0.2) is 65.1 Å². The topological polar surface area (TPSA) is 168 Å². The molecule has 1 N–H and O–H groups in total. The van der Waals surface area contributed by atoms with E-state index in [4.69, 9.17) is 42.4 Å². The molecule has 4 aliphatic heterocycles. The highest BCUT2D eigenvalue weighted by Crippen LogP contribution is 2.48. The maximum atomic E-state index is 14.8. The molecular weight excluding hydrogens is 803 g/mol. The van der Waals surface area contributed by atoms with Gasteiger partial charge in [-0.05, 0) is 48.1 Å². The Bertz CT molecular complexity index is 2160. The van der Waals surface area contributed by atoms with E-state index in [1.54, 1.807) is 40.4 Å². The Morgan fingerprint density at radius 2 is 1.75 bits per heavy atom. The Morgan fingerprint density at radius 3 is 2.39 bits per heavy atom. The van der Waals surface area contributed by atoms with E-state index >= 15 is 0 Å². The van der Waals surface area contributed by atoms with Crippen LogP contribution in [0, 0.1) is 10.1 Å². The molecule has 0 spiro atoms. The zero-order valence-corrected chi connectivity index (χ0v) is 34.9. The van der Waals surface area contributed by atoms with Gasteiger partial charge in [-0.15, -0.1) is 0 Å². The standard InChI is InChI=1S/C40H47Cl2N10O7/c1-52(2,25-26-11-14-43-37(26)51(55)56)19-5-6-33(53)48-15-12-30(13-16-48)50-38-27(24-49(40(50)54)36-34(41)31(57-3)22-32(58-4)35(36)42)23-44-39(46-38)45-28-7-9-29(10-8-28)47-17-20-59-21-18-47/h5-10,14,22-23,30H,11-13,15-21,24-25H2,1-4H3,(H,44,45,46)/q+1/b6-5+. The van der Waals surface area contributed by atoms with Crippen molar-refractivity contribution in [1.82, 2.24) is 14.9 Å². The lowest BCUT2D eigenvalue weighted by Gasteiger charge is -2.43. The number of nitrogens with zero attached hydrogens (tertiary/aromatic N) is 9. The van der Waals surface area contributed by atoms with Gasteiger partial charge in [0, 0.05) is 73.9 Å². The van der Waals surface area contributed by atoms with Gasteiger partial charge in [0.05, 0.1) is 65.9 Å². The van der Waals surface area contributed by atoms with Crippen LogP contribution in [-0.4, -0.2) is 129 Å². The summed E-state index contributed by atoms with van der Waals surface area (Å²) in [5.41, 5.74) is 3.44. The van der Waals surface area contributed by atoms with Gasteiger partial charge in [0.1, 0.15) is 40.1 Å². The lowest BCUT2D eigenvalue weighted by molar-refractivity contribution is -0.880. The second-order valence-corrected chi connectivity index (χ2v) is 16.0. The first-order valence-electron chi connectivity index (χ1n) is 19.3. The summed E-state index contributed by atoms with van der Waals surface area (Å²) in [5.74, 6) is 1.09. The molecule has 0 bridgehead atoms. The number of quaternary nitrogens is 1. The highest BCUT2D eigenvalue weighted by molar-refractivity contribution is 6.42. The average molecular weight is 851 g/mol. The normalized spacial score (nSPS) is 17.6. The lowest BCUT2D eigenvalue weighted by atomic mass is 10.0. The number of methoxy groups -OCH3 is 2. The molecule has 0 unspecified atom stereocenters. The molecule has 3 aromatic rings. The molecule has 59 heavy (non-hydrogen) atoms. The first kappa shape index (κ1) is 41.7. The molecule has 0 saturated carbocycles. The number of halogens is 2. The molecule has 0 aliphatic carbocycles. The number of nitrogens with one attached hydrogen (secondary N) is 1. The van der Waals surface area contributed by atoms with Gasteiger partial charge in [0.15, 0.2) is 0 Å². The molecule has 0 atom stereocenters. The predicted molar refractivity (Wildman–Crippen MR) is 226 cm³/mol. The number of hydrogen-bond acceptors (Lipinski definition) is 12. The van der Waals surface area contributed by atoms with Crippen LogP contribution in [0.25, 0.3) is 0 Å². The monoisotopic (exact) mass is 849 g/mol. The number of amides is 3. The van der Waals surface area contributed by atoms with E-state index in [1.807, 2.05) is 38.4 Å². The smallest absolute Gasteiger partial charge is 0.368 e. The fraction of sp³-hybridized carbons (Fsp3) is 0.425. The van der Waals surface area contributed by atoms with Crippen molar-refractivity contribution in [3.8, 4) is 11.5 Å². The highest BCUT2D eigenvalue weighted by Gasteiger charge is 2.41. The van der Waals surface area contributed by atoms with Crippen molar-refractivity contribution in [1.29, 1.82) is 0 Å². The van der Waals surface area contributed by atoms with Crippen molar-refractivity contribution in [2.45, 2.75) is 31.8 Å². The summed E-state index contributed by atoms with van der Waals surface area (Å²) in [7, 11) is 6.85. The Hall–Kier alpha value is -5.49. The number of nitro groups is 1. The maximum Gasteiger partial charge on any atom is 0.368 e. The molecule has 19 heteroatoms. The number of aliphatic imine (C=N–C) groups is 1. The lowest BCUT2D eigenvalue weighted by Crippen LogP contribution is -2.55. The SMILES string of the molecule is COc1cc(OC)c(Cl)c(N2Cc3cnc(Nc4ccc(N5CCOCC5)cc4)nc3N(C3CCN(C(=O)/C=C/C[N+](C)(C)CC4=C([N+](=O)[O-])N=CC4)CC3)C2=O)c1Cl. The van der Waals surface area contributed by atoms with E-state index in [2.05, 4.69) is 20.2 Å². The molecule has 3 amide bonds. The van der Waals surface area contributed by atoms with Gasteiger partial charge >= 0.3 is 11.9 Å². The molecule has 0 radical (unpaired) electrons. The number of morpholine rings is 1. The molecule has 2 saturated heterocycles. The summed E-state index contributed by atoms with van der Waals surface area (Å²) < 4.78 is 17.0. The average Bonchev–Trinajstić information content (AvgIpc) is 3.69. The number of anilines is 5. The third-order valence-corrected chi connectivity index (χ3v) is 11.5. The van der Waals surface area contributed by atoms with E-state index in [1.165, 1.54) is 19.1 Å². The summed E-state index contributed by atoms with van der Waals surface area (Å²) in [4.78, 5) is 59.8. The number of carbonyl (C=O) groups excluding carboxylic acids is 2. The van der Waals surface area contributed by atoms with Crippen LogP contribution in [-0.2, 0) is 16.1 Å². The number of likely N-dealkylation sites (tertiary alicyclic amines) is 1. The minimum Gasteiger partial charge on any atom is -0.495 e. The summed E-state index contributed by atoms with van der Waals surface area (Å²) in [6.45, 7) is 4.81. The Labute approximate surface area is 352 Å². The molecule has 7 rings (SSSR count). The molecule has 17 nitrogen and oxygen atoms in total. The quantitative estimate of drug-likeness (QED) is 0.0940. The van der Waals surface area contributed by atoms with Gasteiger partial charge in [0.25, 0.3) is 0 Å². The largest absolute Gasteiger partial charge is 0.495 e. The van der Waals surface area contributed by atoms with E-state index in [-0.39, 0.29) is 51.5 Å². The van der Waals surface area contributed by atoms with Crippen molar-refractivity contribution in [2.75, 3.05) is 101 Å². The van der Waals surface area contributed by atoms with Crippen LogP contribution in [0.4, 0.5) is 33.6 Å². The molecule has 4 aliphatic rings. The van der Waals surface area contributed by atoms with Crippen LogP contribution in [0.3, 0.4) is 0 Å². The summed E-state index contributed by atoms with van der Waals surface area (Å²) in [6, 6.07) is 8.84. The number of likely N-dealkylation sites (N-methyl/N-ethyl adjacent to an activating group) is 1. The second-order valence-electron chi connectivity index (χ2n) is 15.2. The number of hydrogen-bond donors (Lipinski definition) is 1. The third-order valence-electron chi connectivity index (χ3n) is 10.8. The van der Waals surface area contributed by atoms with Crippen LogP contribution >= 0.6 is 23.2 Å². The molecular formula is C40H47Cl2N10O7+. The van der Waals surface area contributed by atoms with Crippen molar-refractivity contribution in [2.24, 2.45) is 4.99 Å². The van der Waals surface area contributed by atoms with Gasteiger partial charge in [-0.1, -0.05) is 28.2 Å². The summed E-state index contributed by atoms with van der Waals surface area (Å²) >= 11 is 13.7. The molecule has 2 aromatic carbocycles. The molecule has 5 heterocycles. The van der Waals surface area contributed by atoms with Crippen molar-refractivity contribution < 1.29 is 33.2 Å².